The lowest BCUT2D eigenvalue weighted by molar-refractivity contribution is 0.0598. The van der Waals surface area contributed by atoms with E-state index in [9.17, 15) is 4.79 Å². The number of furan rings is 1. The molecule has 0 bridgehead atoms. The van der Waals surface area contributed by atoms with Crippen LogP contribution in [-0.4, -0.2) is 46.9 Å². The van der Waals surface area contributed by atoms with Crippen LogP contribution in [0.15, 0.2) is 71.1 Å². The molecule has 1 aliphatic rings. The highest BCUT2D eigenvalue weighted by Crippen LogP contribution is 2.31. The lowest BCUT2D eigenvalue weighted by atomic mass is 10.2. The number of carbonyl (C=O) groups excluding carboxylic acids is 1. The molecule has 29 heavy (non-hydrogen) atoms. The van der Waals surface area contributed by atoms with Gasteiger partial charge < -0.3 is 9.32 Å². The third kappa shape index (κ3) is 3.81. The molecule has 0 unspecified atom stereocenters. The van der Waals surface area contributed by atoms with Crippen molar-refractivity contribution in [1.29, 1.82) is 0 Å². The first-order valence-corrected chi connectivity index (χ1v) is 10.6. The monoisotopic (exact) mass is 403 g/mol. The molecule has 0 radical (unpaired) electrons. The number of rotatable bonds is 4. The molecule has 5 nitrogen and oxygen atoms in total. The Labute approximate surface area is 173 Å². The third-order valence-electron chi connectivity index (χ3n) is 5.23. The minimum absolute atomic E-state index is 0.0447. The molecule has 0 atom stereocenters. The minimum Gasteiger partial charge on any atom is -0.448 e. The molecule has 0 aliphatic carbocycles. The second-order valence-corrected chi connectivity index (χ2v) is 8.24. The summed E-state index contributed by atoms with van der Waals surface area (Å²) in [6.07, 6.45) is 0. The van der Waals surface area contributed by atoms with E-state index in [2.05, 4.69) is 34.1 Å². The summed E-state index contributed by atoms with van der Waals surface area (Å²) in [5, 5.41) is 0.804. The number of thiazole rings is 1. The molecule has 0 saturated carbocycles. The third-order valence-corrected chi connectivity index (χ3v) is 6.28. The number of amides is 1. The predicted molar refractivity (Wildman–Crippen MR) is 115 cm³/mol. The quantitative estimate of drug-likeness (QED) is 0.503. The molecule has 1 saturated heterocycles. The summed E-state index contributed by atoms with van der Waals surface area (Å²) in [7, 11) is 0. The summed E-state index contributed by atoms with van der Waals surface area (Å²) in [5.41, 5.74) is 2.25. The van der Waals surface area contributed by atoms with Crippen molar-refractivity contribution in [3.05, 3.63) is 78.1 Å². The highest BCUT2D eigenvalue weighted by molar-refractivity contribution is 7.21. The minimum atomic E-state index is -0.0447. The zero-order valence-electron chi connectivity index (χ0n) is 16.0. The number of hydrogen-bond donors (Lipinski definition) is 0. The molecule has 146 valence electrons. The molecular weight excluding hydrogens is 382 g/mol. The SMILES string of the molecule is O=C(c1ccc(-c2nc3ccccc3s2)o1)N1CCN(Cc2ccccc2)CC1. The molecule has 0 spiro atoms. The fourth-order valence-electron chi connectivity index (χ4n) is 3.65. The first-order valence-electron chi connectivity index (χ1n) is 9.77. The van der Waals surface area contributed by atoms with Gasteiger partial charge in [-0.15, -0.1) is 11.3 Å². The van der Waals surface area contributed by atoms with Crippen LogP contribution >= 0.6 is 11.3 Å². The average molecular weight is 404 g/mol. The van der Waals surface area contributed by atoms with Crippen molar-refractivity contribution in [3.63, 3.8) is 0 Å². The van der Waals surface area contributed by atoms with Crippen LogP contribution in [0.1, 0.15) is 16.1 Å². The number of benzene rings is 2. The van der Waals surface area contributed by atoms with E-state index in [1.54, 1.807) is 17.4 Å². The fourth-order valence-corrected chi connectivity index (χ4v) is 4.58. The number of piperazine rings is 1. The molecule has 1 fully saturated rings. The van der Waals surface area contributed by atoms with Gasteiger partial charge in [-0.25, -0.2) is 4.98 Å². The normalized spacial score (nSPS) is 15.1. The van der Waals surface area contributed by atoms with Gasteiger partial charge >= 0.3 is 0 Å². The molecule has 4 aromatic rings. The van der Waals surface area contributed by atoms with Crippen molar-refractivity contribution in [2.45, 2.75) is 6.54 Å². The Morgan fingerprint density at radius 2 is 1.69 bits per heavy atom. The molecule has 6 heteroatoms. The number of fused-ring (bicyclic) bond motifs is 1. The van der Waals surface area contributed by atoms with E-state index in [1.165, 1.54) is 5.56 Å². The fraction of sp³-hybridized carbons (Fsp3) is 0.217. The molecule has 1 amide bonds. The van der Waals surface area contributed by atoms with Gasteiger partial charge in [0, 0.05) is 32.7 Å². The van der Waals surface area contributed by atoms with Gasteiger partial charge in [0.15, 0.2) is 16.5 Å². The van der Waals surface area contributed by atoms with Crippen molar-refractivity contribution < 1.29 is 9.21 Å². The van der Waals surface area contributed by atoms with Crippen LogP contribution in [0.2, 0.25) is 0 Å². The van der Waals surface area contributed by atoms with Gasteiger partial charge in [-0.2, -0.15) is 0 Å². The van der Waals surface area contributed by atoms with Gasteiger partial charge in [-0.3, -0.25) is 9.69 Å². The van der Waals surface area contributed by atoms with E-state index in [1.807, 2.05) is 41.3 Å². The highest BCUT2D eigenvalue weighted by atomic mass is 32.1. The second-order valence-electron chi connectivity index (χ2n) is 7.20. The molecule has 0 N–H and O–H groups in total. The Kier molecular flexibility index (Phi) is 4.87. The van der Waals surface area contributed by atoms with Crippen LogP contribution in [-0.2, 0) is 6.54 Å². The van der Waals surface area contributed by atoms with Gasteiger partial charge in [-0.1, -0.05) is 42.5 Å². The summed E-state index contributed by atoms with van der Waals surface area (Å²) >= 11 is 1.58. The Morgan fingerprint density at radius 1 is 0.931 bits per heavy atom. The van der Waals surface area contributed by atoms with Gasteiger partial charge in [0.2, 0.25) is 0 Å². The molecule has 2 aromatic carbocycles. The first kappa shape index (κ1) is 18.1. The predicted octanol–water partition coefficient (Wildman–Crippen LogP) is 4.51. The Bertz CT molecular complexity index is 1090. The lowest BCUT2D eigenvalue weighted by Gasteiger charge is -2.34. The molecule has 2 aromatic heterocycles. The van der Waals surface area contributed by atoms with E-state index >= 15 is 0 Å². The topological polar surface area (TPSA) is 49.6 Å². The smallest absolute Gasteiger partial charge is 0.289 e. The molecule has 3 heterocycles. The standard InChI is InChI=1S/C23H21N3O2S/c27-23(26-14-12-25(13-15-26)16-17-6-2-1-3-7-17)20-11-10-19(28-20)22-24-18-8-4-5-9-21(18)29-22/h1-11H,12-16H2. The Morgan fingerprint density at radius 3 is 2.48 bits per heavy atom. The summed E-state index contributed by atoms with van der Waals surface area (Å²) in [4.78, 5) is 21.7. The van der Waals surface area contributed by atoms with Crippen LogP contribution in [0.4, 0.5) is 0 Å². The maximum absolute atomic E-state index is 12.9. The number of nitrogens with zero attached hydrogens (tertiary/aromatic N) is 3. The maximum Gasteiger partial charge on any atom is 0.289 e. The lowest BCUT2D eigenvalue weighted by Crippen LogP contribution is -2.48. The van der Waals surface area contributed by atoms with Crippen LogP contribution in [0.25, 0.3) is 21.0 Å². The van der Waals surface area contributed by atoms with Crippen LogP contribution in [0, 0.1) is 0 Å². The van der Waals surface area contributed by atoms with Gasteiger partial charge in [0.1, 0.15) is 0 Å². The zero-order chi connectivity index (χ0) is 19.6. The summed E-state index contributed by atoms with van der Waals surface area (Å²) in [6, 6.07) is 22.1. The van der Waals surface area contributed by atoms with E-state index in [0.29, 0.717) is 24.6 Å². The average Bonchev–Trinajstić information content (AvgIpc) is 3.42. The van der Waals surface area contributed by atoms with Crippen molar-refractivity contribution in [2.75, 3.05) is 26.2 Å². The van der Waals surface area contributed by atoms with Crippen molar-refractivity contribution in [2.24, 2.45) is 0 Å². The number of aromatic nitrogens is 1. The van der Waals surface area contributed by atoms with E-state index in [4.69, 9.17) is 4.42 Å². The van der Waals surface area contributed by atoms with E-state index in [0.717, 1.165) is 34.9 Å². The van der Waals surface area contributed by atoms with Gasteiger partial charge in [0.25, 0.3) is 5.91 Å². The number of para-hydroxylation sites is 1. The van der Waals surface area contributed by atoms with Crippen molar-refractivity contribution in [1.82, 2.24) is 14.8 Å². The summed E-state index contributed by atoms with van der Waals surface area (Å²) in [5.74, 6) is 0.991. The Balaban J connectivity index is 1.24. The van der Waals surface area contributed by atoms with Crippen LogP contribution < -0.4 is 0 Å². The highest BCUT2D eigenvalue weighted by Gasteiger charge is 2.25. The molecule has 5 rings (SSSR count). The second kappa shape index (κ2) is 7.81. The number of hydrogen-bond acceptors (Lipinski definition) is 5. The zero-order valence-corrected chi connectivity index (χ0v) is 16.8. The van der Waals surface area contributed by atoms with E-state index < -0.39 is 0 Å². The van der Waals surface area contributed by atoms with Crippen LogP contribution in [0.5, 0.6) is 0 Å². The van der Waals surface area contributed by atoms with Crippen LogP contribution in [0.3, 0.4) is 0 Å². The van der Waals surface area contributed by atoms with Gasteiger partial charge in [0.05, 0.1) is 10.2 Å². The van der Waals surface area contributed by atoms with E-state index in [-0.39, 0.29) is 5.91 Å². The maximum atomic E-state index is 12.9. The van der Waals surface area contributed by atoms with Gasteiger partial charge in [-0.05, 0) is 29.8 Å². The van der Waals surface area contributed by atoms with Crippen molar-refractivity contribution >= 4 is 27.5 Å². The molecule has 1 aliphatic heterocycles. The molecular formula is C23H21N3O2S. The summed E-state index contributed by atoms with van der Waals surface area (Å²) in [6.45, 7) is 4.08. The summed E-state index contributed by atoms with van der Waals surface area (Å²) < 4.78 is 6.99. The number of carbonyl (C=O) groups is 1. The Hall–Kier alpha value is -2.96. The van der Waals surface area contributed by atoms with Crippen molar-refractivity contribution in [3.8, 4) is 10.8 Å². The largest absolute Gasteiger partial charge is 0.448 e. The first-order chi connectivity index (χ1) is 14.3.